The van der Waals surface area contributed by atoms with E-state index in [0.29, 0.717) is 26.2 Å². The Morgan fingerprint density at radius 3 is 2.33 bits per heavy atom. The number of carbonyl (C=O) groups excluding carboxylic acids is 1. The van der Waals surface area contributed by atoms with Crippen molar-refractivity contribution in [3.63, 3.8) is 0 Å². The van der Waals surface area contributed by atoms with Crippen molar-refractivity contribution in [3.8, 4) is 6.07 Å². The molecule has 27 heavy (non-hydrogen) atoms. The zero-order valence-electron chi connectivity index (χ0n) is 16.0. The fraction of sp³-hybridized carbons (Fsp3) is 0.474. The highest BCUT2D eigenvalue weighted by atomic mass is 32.2. The Morgan fingerprint density at radius 1 is 1.26 bits per heavy atom. The first-order valence-corrected chi connectivity index (χ1v) is 10.8. The van der Waals surface area contributed by atoms with Crippen LogP contribution in [0.25, 0.3) is 0 Å². The van der Waals surface area contributed by atoms with E-state index in [1.165, 1.54) is 22.3 Å². The number of carbonyl (C=O) groups is 1. The predicted octanol–water partition coefficient (Wildman–Crippen LogP) is 1.41. The minimum absolute atomic E-state index is 0.0137. The standard InChI is InChI=1S/C19H26N4O3S/c1-4-16-5-7-17(8-6-16)15(2)21-19(24)18(13-20)14-22-9-11-23(12-10-22)27(3,25)26/h5-8,14-15H,4,9-12H2,1-3H3,(H,21,24)/b18-14-. The molecule has 7 nitrogen and oxygen atoms in total. The Hall–Kier alpha value is -2.37. The van der Waals surface area contributed by atoms with E-state index in [2.05, 4.69) is 12.2 Å². The quantitative estimate of drug-likeness (QED) is 0.586. The van der Waals surface area contributed by atoms with Gasteiger partial charge in [-0.2, -0.15) is 9.57 Å². The number of nitriles is 1. The summed E-state index contributed by atoms with van der Waals surface area (Å²) < 4.78 is 24.5. The molecule has 0 aromatic heterocycles. The van der Waals surface area contributed by atoms with Crippen molar-refractivity contribution in [2.24, 2.45) is 0 Å². The highest BCUT2D eigenvalue weighted by Crippen LogP contribution is 2.15. The Balaban J connectivity index is 1.99. The first kappa shape index (κ1) is 20.9. The first-order chi connectivity index (χ1) is 12.7. The Kier molecular flexibility index (Phi) is 6.99. The summed E-state index contributed by atoms with van der Waals surface area (Å²) >= 11 is 0. The molecule has 0 aliphatic carbocycles. The Bertz CT molecular complexity index is 833. The number of amides is 1. The highest BCUT2D eigenvalue weighted by molar-refractivity contribution is 7.88. The molecule has 2 rings (SSSR count). The lowest BCUT2D eigenvalue weighted by atomic mass is 10.0. The number of benzene rings is 1. The molecular formula is C19H26N4O3S. The van der Waals surface area contributed by atoms with E-state index >= 15 is 0 Å². The number of nitrogens with one attached hydrogen (secondary N) is 1. The van der Waals surface area contributed by atoms with E-state index in [4.69, 9.17) is 0 Å². The maximum Gasteiger partial charge on any atom is 0.263 e. The molecule has 1 N–H and O–H groups in total. The Morgan fingerprint density at radius 2 is 1.85 bits per heavy atom. The molecule has 1 atom stereocenters. The molecule has 1 aliphatic heterocycles. The molecular weight excluding hydrogens is 364 g/mol. The van der Waals surface area contributed by atoms with Gasteiger partial charge >= 0.3 is 0 Å². The molecule has 1 aliphatic rings. The van der Waals surface area contributed by atoms with Gasteiger partial charge in [0.25, 0.3) is 5.91 Å². The van der Waals surface area contributed by atoms with Crippen LogP contribution < -0.4 is 5.32 Å². The summed E-state index contributed by atoms with van der Waals surface area (Å²) in [4.78, 5) is 14.2. The van der Waals surface area contributed by atoms with Gasteiger partial charge in [0, 0.05) is 32.4 Å². The van der Waals surface area contributed by atoms with Crippen molar-refractivity contribution in [1.29, 1.82) is 5.26 Å². The van der Waals surface area contributed by atoms with Crippen molar-refractivity contribution < 1.29 is 13.2 Å². The van der Waals surface area contributed by atoms with Gasteiger partial charge in [-0.05, 0) is 24.5 Å². The van der Waals surface area contributed by atoms with Gasteiger partial charge in [-0.15, -0.1) is 0 Å². The van der Waals surface area contributed by atoms with E-state index in [0.717, 1.165) is 12.0 Å². The topological polar surface area (TPSA) is 93.5 Å². The fourth-order valence-electron chi connectivity index (χ4n) is 2.88. The molecule has 1 aromatic rings. The van der Waals surface area contributed by atoms with E-state index in [1.54, 1.807) is 4.90 Å². The van der Waals surface area contributed by atoms with Gasteiger partial charge in [-0.1, -0.05) is 31.2 Å². The maximum absolute atomic E-state index is 12.4. The van der Waals surface area contributed by atoms with E-state index in [-0.39, 0.29) is 11.6 Å². The van der Waals surface area contributed by atoms with Crippen LogP contribution in [0, 0.1) is 11.3 Å². The highest BCUT2D eigenvalue weighted by Gasteiger charge is 2.23. The number of aryl methyl sites for hydroxylation is 1. The summed E-state index contributed by atoms with van der Waals surface area (Å²) in [5.41, 5.74) is 2.21. The first-order valence-electron chi connectivity index (χ1n) is 8.95. The van der Waals surface area contributed by atoms with E-state index < -0.39 is 15.9 Å². The van der Waals surface area contributed by atoms with Crippen LogP contribution in [0.2, 0.25) is 0 Å². The number of sulfonamides is 1. The lowest BCUT2D eigenvalue weighted by molar-refractivity contribution is -0.117. The second-order valence-electron chi connectivity index (χ2n) is 6.64. The minimum Gasteiger partial charge on any atom is -0.373 e. The summed E-state index contributed by atoms with van der Waals surface area (Å²) in [6.07, 6.45) is 3.65. The molecule has 0 bridgehead atoms. The fourth-order valence-corrected chi connectivity index (χ4v) is 3.71. The lowest BCUT2D eigenvalue weighted by Gasteiger charge is -2.32. The van der Waals surface area contributed by atoms with Crippen LogP contribution in [0.15, 0.2) is 36.0 Å². The number of rotatable bonds is 6. The zero-order chi connectivity index (χ0) is 20.0. The van der Waals surface area contributed by atoms with Gasteiger partial charge in [-0.3, -0.25) is 4.79 Å². The largest absolute Gasteiger partial charge is 0.373 e. The summed E-state index contributed by atoms with van der Waals surface area (Å²) in [6.45, 7) is 5.53. The second-order valence-corrected chi connectivity index (χ2v) is 8.63. The van der Waals surface area contributed by atoms with Crippen LogP contribution in [0.5, 0.6) is 0 Å². The molecule has 1 heterocycles. The maximum atomic E-state index is 12.4. The van der Waals surface area contributed by atoms with Crippen molar-refractivity contribution in [1.82, 2.24) is 14.5 Å². The van der Waals surface area contributed by atoms with Gasteiger partial charge < -0.3 is 10.2 Å². The van der Waals surface area contributed by atoms with Crippen LogP contribution in [-0.4, -0.2) is 56.0 Å². The van der Waals surface area contributed by atoms with Crippen LogP contribution in [-0.2, 0) is 21.2 Å². The SMILES string of the molecule is CCc1ccc(C(C)NC(=O)/C(C#N)=C\N2CCN(S(C)(=O)=O)CC2)cc1. The van der Waals surface area contributed by atoms with Gasteiger partial charge in [-0.25, -0.2) is 8.42 Å². The number of nitrogens with zero attached hydrogens (tertiary/aromatic N) is 3. The van der Waals surface area contributed by atoms with Crippen LogP contribution in [0.4, 0.5) is 0 Å². The van der Waals surface area contributed by atoms with Gasteiger partial charge in [0.05, 0.1) is 12.3 Å². The van der Waals surface area contributed by atoms with Crippen molar-refractivity contribution in [3.05, 3.63) is 47.2 Å². The third kappa shape index (κ3) is 5.81. The molecule has 1 amide bonds. The third-order valence-electron chi connectivity index (χ3n) is 4.65. The number of hydrogen-bond donors (Lipinski definition) is 1. The normalized spacial score (nSPS) is 17.3. The zero-order valence-corrected chi connectivity index (χ0v) is 16.8. The van der Waals surface area contributed by atoms with E-state index in [1.807, 2.05) is 37.3 Å². The molecule has 1 unspecified atom stereocenters. The number of piperazine rings is 1. The average Bonchev–Trinajstić information content (AvgIpc) is 2.65. The lowest BCUT2D eigenvalue weighted by Crippen LogP contribution is -2.46. The number of hydrogen-bond acceptors (Lipinski definition) is 5. The molecule has 8 heteroatoms. The van der Waals surface area contributed by atoms with Gasteiger partial charge in [0.15, 0.2) is 0 Å². The van der Waals surface area contributed by atoms with Gasteiger partial charge in [0.2, 0.25) is 10.0 Å². The smallest absolute Gasteiger partial charge is 0.263 e. The predicted molar refractivity (Wildman–Crippen MR) is 104 cm³/mol. The second kappa shape index (κ2) is 9.02. The molecule has 0 spiro atoms. The van der Waals surface area contributed by atoms with Crippen LogP contribution >= 0.6 is 0 Å². The van der Waals surface area contributed by atoms with Crippen LogP contribution in [0.1, 0.15) is 31.0 Å². The summed E-state index contributed by atoms with van der Waals surface area (Å²) in [5.74, 6) is -0.435. The molecule has 146 valence electrons. The third-order valence-corrected chi connectivity index (χ3v) is 5.96. The van der Waals surface area contributed by atoms with Gasteiger partial charge in [0.1, 0.15) is 11.6 Å². The van der Waals surface area contributed by atoms with Crippen molar-refractivity contribution in [2.45, 2.75) is 26.3 Å². The van der Waals surface area contributed by atoms with Crippen molar-refractivity contribution >= 4 is 15.9 Å². The van der Waals surface area contributed by atoms with Crippen molar-refractivity contribution in [2.75, 3.05) is 32.4 Å². The summed E-state index contributed by atoms with van der Waals surface area (Å²) in [7, 11) is -3.21. The minimum atomic E-state index is -3.21. The monoisotopic (exact) mass is 390 g/mol. The summed E-state index contributed by atoms with van der Waals surface area (Å²) in [5, 5.41) is 12.2. The molecule has 1 fully saturated rings. The summed E-state index contributed by atoms with van der Waals surface area (Å²) in [6, 6.07) is 9.73. The molecule has 1 aromatic carbocycles. The molecule has 0 radical (unpaired) electrons. The average molecular weight is 391 g/mol. The Labute approximate surface area is 161 Å². The van der Waals surface area contributed by atoms with Crippen LogP contribution in [0.3, 0.4) is 0 Å². The molecule has 0 saturated carbocycles. The van der Waals surface area contributed by atoms with E-state index in [9.17, 15) is 18.5 Å². The molecule has 1 saturated heterocycles.